The van der Waals surface area contributed by atoms with Crippen LogP contribution in [0.1, 0.15) is 11.4 Å². The first-order valence-electron chi connectivity index (χ1n) is 9.62. The minimum absolute atomic E-state index is 0.00248. The molecule has 4 aromatic rings. The maximum Gasteiger partial charge on any atom is 0.267 e. The molecule has 172 valence electrons. The second-order valence-corrected chi connectivity index (χ2v) is 7.44. The van der Waals surface area contributed by atoms with E-state index in [1.807, 2.05) is 6.07 Å². The van der Waals surface area contributed by atoms with Crippen molar-refractivity contribution in [2.75, 3.05) is 23.3 Å². The lowest BCUT2D eigenvalue weighted by molar-refractivity contribution is 0.580. The maximum atomic E-state index is 14.5. The fraction of sp³-hybridized carbons (Fsp3) is 0.0952. The van der Waals surface area contributed by atoms with E-state index in [9.17, 15) is 23.2 Å². The molecule has 0 aliphatic carbocycles. The van der Waals surface area contributed by atoms with Crippen molar-refractivity contribution in [2.24, 2.45) is 0 Å². The molecular formula is C21H14ClF3N8O. The topological polar surface area (TPSA) is 149 Å². The molecular weight excluding hydrogens is 473 g/mol. The second-order valence-electron chi connectivity index (χ2n) is 7.03. The van der Waals surface area contributed by atoms with Gasteiger partial charge in [0.2, 0.25) is 5.95 Å². The summed E-state index contributed by atoms with van der Waals surface area (Å²) >= 11 is 6.11. The molecule has 0 saturated heterocycles. The van der Waals surface area contributed by atoms with Crippen molar-refractivity contribution in [1.82, 2.24) is 19.5 Å². The summed E-state index contributed by atoms with van der Waals surface area (Å²) in [6.45, 7) is 0.00248. The highest BCUT2D eigenvalue weighted by atomic mass is 35.5. The van der Waals surface area contributed by atoms with E-state index in [1.165, 1.54) is 6.07 Å². The molecule has 9 nitrogen and oxygen atoms in total. The molecule has 0 amide bonds. The number of nitrogen functional groups attached to an aromatic ring is 2. The number of halogens is 4. The molecule has 0 spiro atoms. The molecule has 0 saturated carbocycles. The van der Waals surface area contributed by atoms with Gasteiger partial charge in [-0.2, -0.15) is 15.2 Å². The van der Waals surface area contributed by atoms with Gasteiger partial charge in [0.1, 0.15) is 46.2 Å². The lowest BCUT2D eigenvalue weighted by atomic mass is 10.2. The number of nitrogens with zero attached hydrogens (tertiary/aromatic N) is 5. The summed E-state index contributed by atoms with van der Waals surface area (Å²) in [5, 5.41) is 11.8. The number of hydrogen-bond donors (Lipinski definition) is 3. The monoisotopic (exact) mass is 486 g/mol. The van der Waals surface area contributed by atoms with Gasteiger partial charge in [-0.1, -0.05) is 11.6 Å². The van der Waals surface area contributed by atoms with Crippen LogP contribution in [0.3, 0.4) is 0 Å². The summed E-state index contributed by atoms with van der Waals surface area (Å²) in [6, 6.07) is 6.60. The predicted octanol–water partition coefficient (Wildman–Crippen LogP) is 2.94. The smallest absolute Gasteiger partial charge is 0.267 e. The average Bonchev–Trinajstić information content (AvgIpc) is 2.75. The fourth-order valence-electron chi connectivity index (χ4n) is 3.39. The Kier molecular flexibility index (Phi) is 5.95. The van der Waals surface area contributed by atoms with Crippen LogP contribution in [0.2, 0.25) is 5.02 Å². The van der Waals surface area contributed by atoms with Crippen LogP contribution in [-0.2, 0) is 6.42 Å². The van der Waals surface area contributed by atoms with Gasteiger partial charge in [-0.3, -0.25) is 9.36 Å². The first-order chi connectivity index (χ1) is 16.2. The number of rotatable bonds is 5. The van der Waals surface area contributed by atoms with Crippen LogP contribution in [-0.4, -0.2) is 26.1 Å². The number of anilines is 3. The third-order valence-corrected chi connectivity index (χ3v) is 5.12. The number of nitrogens with two attached hydrogens (primary N) is 2. The van der Waals surface area contributed by atoms with Crippen molar-refractivity contribution in [3.05, 3.63) is 74.5 Å². The van der Waals surface area contributed by atoms with Crippen LogP contribution < -0.4 is 22.3 Å². The highest BCUT2D eigenvalue weighted by Crippen LogP contribution is 2.24. The van der Waals surface area contributed by atoms with Gasteiger partial charge in [-0.05, 0) is 24.3 Å². The van der Waals surface area contributed by atoms with E-state index in [0.717, 1.165) is 22.8 Å². The molecule has 0 aliphatic rings. The van der Waals surface area contributed by atoms with Crippen molar-refractivity contribution in [3.63, 3.8) is 0 Å². The van der Waals surface area contributed by atoms with Crippen LogP contribution in [0, 0.1) is 28.8 Å². The minimum Gasteiger partial charge on any atom is -0.382 e. The van der Waals surface area contributed by atoms with Gasteiger partial charge in [0, 0.05) is 19.0 Å². The molecule has 34 heavy (non-hydrogen) atoms. The first kappa shape index (κ1) is 22.8. The first-order valence-corrected chi connectivity index (χ1v) is 10.0. The molecule has 0 aliphatic heterocycles. The van der Waals surface area contributed by atoms with Crippen molar-refractivity contribution in [3.8, 4) is 11.8 Å². The van der Waals surface area contributed by atoms with Crippen LogP contribution in [0.25, 0.3) is 16.6 Å². The third-order valence-electron chi connectivity index (χ3n) is 4.81. The number of aromatic nitrogens is 4. The van der Waals surface area contributed by atoms with E-state index in [2.05, 4.69) is 20.3 Å². The summed E-state index contributed by atoms with van der Waals surface area (Å²) in [5.41, 5.74) is 9.92. The van der Waals surface area contributed by atoms with Gasteiger partial charge in [-0.25, -0.2) is 18.2 Å². The zero-order valence-electron chi connectivity index (χ0n) is 17.1. The molecule has 0 atom stereocenters. The fourth-order valence-corrected chi connectivity index (χ4v) is 3.62. The Morgan fingerprint density at radius 1 is 1.09 bits per heavy atom. The lowest BCUT2D eigenvalue weighted by Crippen LogP contribution is -2.26. The summed E-state index contributed by atoms with van der Waals surface area (Å²) < 4.78 is 43.3. The summed E-state index contributed by atoms with van der Waals surface area (Å²) in [6.07, 6.45) is -0.0655. The van der Waals surface area contributed by atoms with E-state index in [1.54, 1.807) is 0 Å². The Labute approximate surface area is 194 Å². The zero-order valence-corrected chi connectivity index (χ0v) is 17.9. The zero-order chi connectivity index (χ0) is 24.6. The Bertz CT molecular complexity index is 1530. The van der Waals surface area contributed by atoms with E-state index in [4.69, 9.17) is 23.1 Å². The molecule has 0 bridgehead atoms. The SMILES string of the molecule is N#Cc1c(N)nc(N)nc1NCCc1nc2c(F)ccc(Cl)c2c(=O)n1-c1cc(F)cc(F)c1. The number of benzene rings is 2. The van der Waals surface area contributed by atoms with Crippen LogP contribution in [0.15, 0.2) is 35.1 Å². The molecule has 2 heterocycles. The van der Waals surface area contributed by atoms with Gasteiger partial charge < -0.3 is 16.8 Å². The van der Waals surface area contributed by atoms with Gasteiger partial charge in [-0.15, -0.1) is 0 Å². The molecule has 0 unspecified atom stereocenters. The van der Waals surface area contributed by atoms with Crippen LogP contribution in [0.4, 0.5) is 30.8 Å². The van der Waals surface area contributed by atoms with E-state index in [0.29, 0.717) is 6.07 Å². The standard InChI is InChI=1S/C21H14ClF3N8O/c22-13-1-2-14(25)17-16(13)20(34)33(11-6-9(23)5-10(24)7-11)15(30-17)3-4-29-19-12(8-26)18(27)31-21(28)32-19/h1-2,5-7H,3-4H2,(H5,27,28,29,31,32). The van der Waals surface area contributed by atoms with Gasteiger partial charge >= 0.3 is 0 Å². The molecule has 0 fully saturated rings. The highest BCUT2D eigenvalue weighted by Gasteiger charge is 2.19. The Hall–Kier alpha value is -4.37. The quantitative estimate of drug-likeness (QED) is 0.390. The normalized spacial score (nSPS) is 10.9. The minimum atomic E-state index is -0.929. The second kappa shape index (κ2) is 8.87. The lowest BCUT2D eigenvalue weighted by Gasteiger charge is -2.15. The van der Waals surface area contributed by atoms with Gasteiger partial charge in [0.25, 0.3) is 5.56 Å². The van der Waals surface area contributed by atoms with E-state index in [-0.39, 0.29) is 63.6 Å². The summed E-state index contributed by atoms with van der Waals surface area (Å²) in [5.74, 6) is -2.97. The molecule has 0 radical (unpaired) electrons. The Balaban J connectivity index is 1.83. The Morgan fingerprint density at radius 2 is 1.79 bits per heavy atom. The largest absolute Gasteiger partial charge is 0.382 e. The summed E-state index contributed by atoms with van der Waals surface area (Å²) in [4.78, 5) is 25.1. The maximum absolute atomic E-state index is 14.5. The molecule has 13 heteroatoms. The molecule has 2 aromatic heterocycles. The van der Waals surface area contributed by atoms with Crippen molar-refractivity contribution >= 4 is 40.1 Å². The van der Waals surface area contributed by atoms with Crippen molar-refractivity contribution in [1.29, 1.82) is 5.26 Å². The number of nitrogens with one attached hydrogen (secondary N) is 1. The average molecular weight is 487 g/mol. The number of hydrogen-bond acceptors (Lipinski definition) is 8. The van der Waals surface area contributed by atoms with Crippen LogP contribution in [0.5, 0.6) is 0 Å². The summed E-state index contributed by atoms with van der Waals surface area (Å²) in [7, 11) is 0. The molecule has 5 N–H and O–H groups in total. The van der Waals surface area contributed by atoms with Crippen molar-refractivity contribution in [2.45, 2.75) is 6.42 Å². The van der Waals surface area contributed by atoms with E-state index < -0.39 is 23.0 Å². The predicted molar refractivity (Wildman–Crippen MR) is 120 cm³/mol. The highest BCUT2D eigenvalue weighted by molar-refractivity contribution is 6.35. The molecule has 2 aromatic carbocycles. The number of nitriles is 1. The third kappa shape index (κ3) is 4.16. The van der Waals surface area contributed by atoms with Gasteiger partial charge in [0.15, 0.2) is 5.82 Å². The number of fused-ring (bicyclic) bond motifs is 1. The molecule has 4 rings (SSSR count). The van der Waals surface area contributed by atoms with Crippen LogP contribution >= 0.6 is 11.6 Å². The van der Waals surface area contributed by atoms with Crippen molar-refractivity contribution < 1.29 is 13.2 Å². The Morgan fingerprint density at radius 3 is 2.47 bits per heavy atom. The van der Waals surface area contributed by atoms with E-state index >= 15 is 0 Å². The van der Waals surface area contributed by atoms with Gasteiger partial charge in [0.05, 0.1) is 16.1 Å².